The van der Waals surface area contributed by atoms with Crippen molar-refractivity contribution in [2.24, 2.45) is 0 Å². The minimum atomic E-state index is -0.179. The first-order chi connectivity index (χ1) is 9.70. The van der Waals surface area contributed by atoms with Gasteiger partial charge < -0.3 is 10.1 Å². The minimum absolute atomic E-state index is 0.179. The Bertz CT molecular complexity index is 390. The van der Waals surface area contributed by atoms with Crippen molar-refractivity contribution in [3.05, 3.63) is 35.6 Å². The molecular formula is C16H25FN2O. The van der Waals surface area contributed by atoms with Crippen molar-refractivity contribution < 1.29 is 9.13 Å². The standard InChI is InChI=1S/C16H25FN2O/c1-13(14-5-7-15(17)8-6-14)19(10-11-20-2)12-16-4-3-9-18-16/h5-8,13,16,18H,3-4,9-12H2,1-2H3. The summed E-state index contributed by atoms with van der Waals surface area (Å²) in [6.45, 7) is 5.93. The van der Waals surface area contributed by atoms with Crippen LogP contribution in [-0.4, -0.2) is 44.3 Å². The summed E-state index contributed by atoms with van der Waals surface area (Å²) in [6, 6.07) is 7.66. The van der Waals surface area contributed by atoms with E-state index in [2.05, 4.69) is 17.1 Å². The van der Waals surface area contributed by atoms with Gasteiger partial charge in [0.2, 0.25) is 0 Å². The average molecular weight is 280 g/mol. The van der Waals surface area contributed by atoms with Gasteiger partial charge >= 0.3 is 0 Å². The van der Waals surface area contributed by atoms with E-state index in [-0.39, 0.29) is 11.9 Å². The van der Waals surface area contributed by atoms with Gasteiger partial charge in [-0.1, -0.05) is 12.1 Å². The normalized spacial score (nSPS) is 20.5. The van der Waals surface area contributed by atoms with Gasteiger partial charge in [0.15, 0.2) is 0 Å². The van der Waals surface area contributed by atoms with Crippen molar-refractivity contribution in [3.63, 3.8) is 0 Å². The Morgan fingerprint density at radius 1 is 1.40 bits per heavy atom. The maximum absolute atomic E-state index is 13.0. The van der Waals surface area contributed by atoms with E-state index in [0.29, 0.717) is 6.04 Å². The molecule has 1 fully saturated rings. The zero-order valence-electron chi connectivity index (χ0n) is 12.4. The number of benzene rings is 1. The molecule has 1 aliphatic heterocycles. The predicted molar refractivity (Wildman–Crippen MR) is 79.3 cm³/mol. The Morgan fingerprint density at radius 2 is 2.15 bits per heavy atom. The van der Waals surface area contributed by atoms with Gasteiger partial charge in [0.05, 0.1) is 6.61 Å². The largest absolute Gasteiger partial charge is 0.383 e. The SMILES string of the molecule is COCCN(CC1CCCN1)C(C)c1ccc(F)cc1. The summed E-state index contributed by atoms with van der Waals surface area (Å²) in [5.41, 5.74) is 1.15. The van der Waals surface area contributed by atoms with Gasteiger partial charge in [-0.25, -0.2) is 4.39 Å². The predicted octanol–water partition coefficient (Wildman–Crippen LogP) is 2.59. The Balaban J connectivity index is 2.01. The number of methoxy groups -OCH3 is 1. The lowest BCUT2D eigenvalue weighted by molar-refractivity contribution is 0.118. The van der Waals surface area contributed by atoms with Crippen molar-refractivity contribution in [2.75, 3.05) is 33.4 Å². The molecule has 0 bridgehead atoms. The molecule has 0 saturated carbocycles. The maximum atomic E-state index is 13.0. The number of rotatable bonds is 7. The molecule has 1 saturated heterocycles. The summed E-state index contributed by atoms with van der Waals surface area (Å²) in [7, 11) is 1.73. The van der Waals surface area contributed by atoms with E-state index in [0.717, 1.165) is 31.8 Å². The first kappa shape index (κ1) is 15.4. The zero-order valence-corrected chi connectivity index (χ0v) is 12.4. The molecule has 2 rings (SSSR count). The lowest BCUT2D eigenvalue weighted by Crippen LogP contribution is -2.40. The highest BCUT2D eigenvalue weighted by Gasteiger charge is 2.22. The zero-order chi connectivity index (χ0) is 14.4. The third kappa shape index (κ3) is 4.27. The molecule has 1 aromatic carbocycles. The molecule has 2 unspecified atom stereocenters. The fourth-order valence-electron chi connectivity index (χ4n) is 2.80. The van der Waals surface area contributed by atoms with Gasteiger partial charge in [-0.05, 0) is 44.0 Å². The van der Waals surface area contributed by atoms with Crippen LogP contribution in [0.5, 0.6) is 0 Å². The van der Waals surface area contributed by atoms with Crippen LogP contribution < -0.4 is 5.32 Å². The fraction of sp³-hybridized carbons (Fsp3) is 0.625. The number of halogens is 1. The van der Waals surface area contributed by atoms with Crippen molar-refractivity contribution in [3.8, 4) is 0 Å². The van der Waals surface area contributed by atoms with E-state index in [9.17, 15) is 4.39 Å². The lowest BCUT2D eigenvalue weighted by atomic mass is 10.1. The lowest BCUT2D eigenvalue weighted by Gasteiger charge is -2.31. The first-order valence-corrected chi connectivity index (χ1v) is 7.42. The molecule has 3 nitrogen and oxygen atoms in total. The van der Waals surface area contributed by atoms with Crippen LogP contribution in [-0.2, 0) is 4.74 Å². The molecule has 1 aromatic rings. The van der Waals surface area contributed by atoms with E-state index < -0.39 is 0 Å². The third-order valence-corrected chi connectivity index (χ3v) is 4.10. The van der Waals surface area contributed by atoms with Crippen molar-refractivity contribution in [1.82, 2.24) is 10.2 Å². The van der Waals surface area contributed by atoms with E-state index in [1.807, 2.05) is 12.1 Å². The molecular weight excluding hydrogens is 255 g/mol. The van der Waals surface area contributed by atoms with Gasteiger partial charge in [-0.2, -0.15) is 0 Å². The van der Waals surface area contributed by atoms with E-state index >= 15 is 0 Å². The molecule has 112 valence electrons. The summed E-state index contributed by atoms with van der Waals surface area (Å²) in [4.78, 5) is 2.42. The topological polar surface area (TPSA) is 24.5 Å². The molecule has 1 N–H and O–H groups in total. The molecule has 4 heteroatoms. The van der Waals surface area contributed by atoms with Crippen LogP contribution in [0.15, 0.2) is 24.3 Å². The fourth-order valence-corrected chi connectivity index (χ4v) is 2.80. The van der Waals surface area contributed by atoms with Crippen molar-refractivity contribution >= 4 is 0 Å². The van der Waals surface area contributed by atoms with E-state index in [4.69, 9.17) is 4.74 Å². The molecule has 0 amide bonds. The van der Waals surface area contributed by atoms with Gasteiger partial charge in [-0.3, -0.25) is 4.90 Å². The number of ether oxygens (including phenoxy) is 1. The number of hydrogen-bond donors (Lipinski definition) is 1. The van der Waals surface area contributed by atoms with Crippen LogP contribution in [0.2, 0.25) is 0 Å². The monoisotopic (exact) mass is 280 g/mol. The van der Waals surface area contributed by atoms with Crippen LogP contribution in [0.3, 0.4) is 0 Å². The highest BCUT2D eigenvalue weighted by molar-refractivity contribution is 5.19. The molecule has 20 heavy (non-hydrogen) atoms. The number of nitrogens with one attached hydrogen (secondary N) is 1. The summed E-state index contributed by atoms with van der Waals surface area (Å²) >= 11 is 0. The Hall–Kier alpha value is -0.970. The Kier molecular flexibility index (Phi) is 5.95. The molecule has 0 aliphatic carbocycles. The van der Waals surface area contributed by atoms with Crippen LogP contribution in [0.4, 0.5) is 4.39 Å². The van der Waals surface area contributed by atoms with Gasteiger partial charge in [0, 0.05) is 32.3 Å². The second-order valence-electron chi connectivity index (χ2n) is 5.51. The molecule has 1 aliphatic rings. The van der Waals surface area contributed by atoms with E-state index in [1.165, 1.54) is 25.0 Å². The smallest absolute Gasteiger partial charge is 0.123 e. The highest BCUT2D eigenvalue weighted by Crippen LogP contribution is 2.21. The molecule has 1 heterocycles. The summed E-state index contributed by atoms with van der Waals surface area (Å²) in [6.07, 6.45) is 2.49. The molecule has 2 atom stereocenters. The van der Waals surface area contributed by atoms with Crippen molar-refractivity contribution in [1.29, 1.82) is 0 Å². The summed E-state index contributed by atoms with van der Waals surface area (Å²) in [5.74, 6) is -0.179. The van der Waals surface area contributed by atoms with Gasteiger partial charge in [-0.15, -0.1) is 0 Å². The van der Waals surface area contributed by atoms with E-state index in [1.54, 1.807) is 7.11 Å². The maximum Gasteiger partial charge on any atom is 0.123 e. The highest BCUT2D eigenvalue weighted by atomic mass is 19.1. The third-order valence-electron chi connectivity index (χ3n) is 4.10. The Morgan fingerprint density at radius 3 is 2.75 bits per heavy atom. The minimum Gasteiger partial charge on any atom is -0.383 e. The number of hydrogen-bond acceptors (Lipinski definition) is 3. The molecule has 0 aromatic heterocycles. The average Bonchev–Trinajstić information content (AvgIpc) is 2.96. The second-order valence-corrected chi connectivity index (χ2v) is 5.51. The quantitative estimate of drug-likeness (QED) is 0.831. The van der Waals surface area contributed by atoms with Crippen LogP contribution in [0, 0.1) is 5.82 Å². The van der Waals surface area contributed by atoms with Crippen LogP contribution in [0.1, 0.15) is 31.4 Å². The summed E-state index contributed by atoms with van der Waals surface area (Å²) < 4.78 is 18.3. The number of nitrogens with zero attached hydrogens (tertiary/aromatic N) is 1. The second kappa shape index (κ2) is 7.72. The van der Waals surface area contributed by atoms with Crippen LogP contribution >= 0.6 is 0 Å². The first-order valence-electron chi connectivity index (χ1n) is 7.42. The van der Waals surface area contributed by atoms with Crippen LogP contribution in [0.25, 0.3) is 0 Å². The van der Waals surface area contributed by atoms with Gasteiger partial charge in [0.1, 0.15) is 5.82 Å². The van der Waals surface area contributed by atoms with Gasteiger partial charge in [0.25, 0.3) is 0 Å². The Labute approximate surface area is 121 Å². The molecule has 0 radical (unpaired) electrons. The summed E-state index contributed by atoms with van der Waals surface area (Å²) in [5, 5.41) is 3.54. The molecule has 0 spiro atoms. The van der Waals surface area contributed by atoms with Crippen molar-refractivity contribution in [2.45, 2.75) is 31.8 Å².